The molecule has 0 fully saturated rings. The molecule has 3 nitrogen and oxygen atoms in total. The molecule has 0 aliphatic heterocycles. The second kappa shape index (κ2) is 5.38. The second-order valence-corrected chi connectivity index (χ2v) is 4.71. The topological polar surface area (TPSA) is 48.1 Å². The number of halogens is 2. The van der Waals surface area contributed by atoms with Crippen LogP contribution in [0.3, 0.4) is 0 Å². The minimum atomic E-state index is 0.378. The molecule has 0 spiro atoms. The number of nitrogens with two attached hydrogens (primary N) is 1. The largest absolute Gasteiger partial charge is 0.488 e. The van der Waals surface area contributed by atoms with E-state index in [-0.39, 0.29) is 0 Å². The predicted octanol–water partition coefficient (Wildman–Crippen LogP) is 3.66. The van der Waals surface area contributed by atoms with Crippen LogP contribution in [0.2, 0.25) is 5.02 Å². The summed E-state index contributed by atoms with van der Waals surface area (Å²) in [4.78, 5) is 3.91. The fourth-order valence-corrected chi connectivity index (χ4v) is 1.84. The number of pyridine rings is 1. The molecule has 0 atom stereocenters. The molecule has 2 N–H and O–H groups in total. The summed E-state index contributed by atoms with van der Waals surface area (Å²) in [5.74, 6) is 0.692. The number of benzene rings is 1. The van der Waals surface area contributed by atoms with Crippen LogP contribution in [0.25, 0.3) is 0 Å². The van der Waals surface area contributed by atoms with Gasteiger partial charge in [-0.05, 0) is 34.1 Å². The van der Waals surface area contributed by atoms with Gasteiger partial charge in [0.25, 0.3) is 0 Å². The zero-order chi connectivity index (χ0) is 12.3. The van der Waals surface area contributed by atoms with E-state index in [4.69, 9.17) is 22.1 Å². The molecule has 17 heavy (non-hydrogen) atoms. The van der Waals surface area contributed by atoms with E-state index in [2.05, 4.69) is 20.9 Å². The highest BCUT2D eigenvalue weighted by Gasteiger charge is 2.04. The van der Waals surface area contributed by atoms with E-state index >= 15 is 0 Å². The lowest BCUT2D eigenvalue weighted by Gasteiger charge is -2.09. The van der Waals surface area contributed by atoms with Crippen LogP contribution >= 0.6 is 27.5 Å². The number of rotatable bonds is 3. The third-order valence-corrected chi connectivity index (χ3v) is 3.19. The number of hydrogen-bond acceptors (Lipinski definition) is 3. The number of aromatic nitrogens is 1. The predicted molar refractivity (Wildman–Crippen MR) is 72.1 cm³/mol. The fourth-order valence-electron chi connectivity index (χ4n) is 1.31. The van der Waals surface area contributed by atoms with Gasteiger partial charge in [-0.1, -0.05) is 11.6 Å². The van der Waals surface area contributed by atoms with Gasteiger partial charge in [0.15, 0.2) is 0 Å². The minimum Gasteiger partial charge on any atom is -0.488 e. The highest BCUT2D eigenvalue weighted by Crippen LogP contribution is 2.28. The van der Waals surface area contributed by atoms with Crippen molar-refractivity contribution in [2.45, 2.75) is 6.61 Å². The van der Waals surface area contributed by atoms with E-state index in [1.165, 1.54) is 0 Å². The summed E-state index contributed by atoms with van der Waals surface area (Å²) in [5, 5.41) is 0.590. The van der Waals surface area contributed by atoms with Gasteiger partial charge in [0.05, 0.1) is 9.50 Å². The summed E-state index contributed by atoms with van der Waals surface area (Å²) in [7, 11) is 0. The Balaban J connectivity index is 2.12. The lowest BCUT2D eigenvalue weighted by Crippen LogP contribution is -1.98. The van der Waals surface area contributed by atoms with E-state index in [1.54, 1.807) is 24.5 Å². The number of nitrogen functional groups attached to an aromatic ring is 1. The number of ether oxygens (including phenoxy) is 1. The van der Waals surface area contributed by atoms with Gasteiger partial charge >= 0.3 is 0 Å². The van der Waals surface area contributed by atoms with Crippen molar-refractivity contribution in [1.82, 2.24) is 4.98 Å². The maximum atomic E-state index is 5.98. The summed E-state index contributed by atoms with van der Waals surface area (Å²) >= 11 is 9.38. The van der Waals surface area contributed by atoms with Crippen molar-refractivity contribution in [2.24, 2.45) is 0 Å². The van der Waals surface area contributed by atoms with E-state index in [9.17, 15) is 0 Å². The first-order valence-corrected chi connectivity index (χ1v) is 6.10. The van der Waals surface area contributed by atoms with Gasteiger partial charge in [0.1, 0.15) is 12.4 Å². The molecule has 1 heterocycles. The maximum Gasteiger partial charge on any atom is 0.136 e. The SMILES string of the molecule is Nc1ccc(Br)c(OCc2ccncc2Cl)c1. The van der Waals surface area contributed by atoms with Crippen LogP contribution in [-0.2, 0) is 6.61 Å². The lowest BCUT2D eigenvalue weighted by molar-refractivity contribution is 0.304. The molecule has 0 unspecified atom stereocenters. The van der Waals surface area contributed by atoms with Gasteiger partial charge in [-0.15, -0.1) is 0 Å². The summed E-state index contributed by atoms with van der Waals surface area (Å²) in [6, 6.07) is 7.23. The van der Waals surface area contributed by atoms with Crippen LogP contribution in [0.15, 0.2) is 41.1 Å². The van der Waals surface area contributed by atoms with Crippen LogP contribution in [-0.4, -0.2) is 4.98 Å². The fraction of sp³-hybridized carbons (Fsp3) is 0.0833. The van der Waals surface area contributed by atoms with Crippen molar-refractivity contribution in [2.75, 3.05) is 5.73 Å². The van der Waals surface area contributed by atoms with E-state index in [1.807, 2.05) is 12.1 Å². The Kier molecular flexibility index (Phi) is 3.86. The van der Waals surface area contributed by atoms with Crippen LogP contribution in [0.4, 0.5) is 5.69 Å². The molecule has 88 valence electrons. The van der Waals surface area contributed by atoms with Crippen LogP contribution < -0.4 is 10.5 Å². The van der Waals surface area contributed by atoms with Crippen molar-refractivity contribution in [1.29, 1.82) is 0 Å². The van der Waals surface area contributed by atoms with Gasteiger partial charge in [-0.3, -0.25) is 4.98 Å². The zero-order valence-electron chi connectivity index (χ0n) is 8.86. The molecule has 1 aromatic carbocycles. The van der Waals surface area contributed by atoms with Crippen LogP contribution in [0.5, 0.6) is 5.75 Å². The molecule has 0 radical (unpaired) electrons. The Morgan fingerprint density at radius 3 is 2.94 bits per heavy atom. The Morgan fingerprint density at radius 2 is 2.18 bits per heavy atom. The molecule has 2 rings (SSSR count). The highest BCUT2D eigenvalue weighted by molar-refractivity contribution is 9.10. The van der Waals surface area contributed by atoms with Gasteiger partial charge < -0.3 is 10.5 Å². The smallest absolute Gasteiger partial charge is 0.136 e. The zero-order valence-corrected chi connectivity index (χ0v) is 11.2. The molecule has 2 aromatic rings. The monoisotopic (exact) mass is 312 g/mol. The molecule has 5 heteroatoms. The molecule has 0 aliphatic rings. The molecule has 0 saturated carbocycles. The molecule has 1 aromatic heterocycles. The summed E-state index contributed by atoms with van der Waals surface area (Å²) in [6.07, 6.45) is 3.27. The van der Waals surface area contributed by atoms with Crippen LogP contribution in [0, 0.1) is 0 Å². The van der Waals surface area contributed by atoms with E-state index in [0.717, 1.165) is 10.0 Å². The maximum absolute atomic E-state index is 5.98. The quantitative estimate of drug-likeness (QED) is 0.880. The molecular weight excluding hydrogens is 304 g/mol. The van der Waals surface area contributed by atoms with Crippen LogP contribution in [0.1, 0.15) is 5.56 Å². The van der Waals surface area contributed by atoms with E-state index < -0.39 is 0 Å². The molecule has 0 saturated heterocycles. The first-order valence-electron chi connectivity index (χ1n) is 4.93. The Hall–Kier alpha value is -1.26. The number of anilines is 1. The van der Waals surface area contributed by atoms with Gasteiger partial charge in [0.2, 0.25) is 0 Å². The first kappa shape index (κ1) is 12.2. The standard InChI is InChI=1S/C12H10BrClN2O/c13-10-2-1-9(15)5-12(10)17-7-8-3-4-16-6-11(8)14/h1-6H,7,15H2. The van der Waals surface area contributed by atoms with Crippen molar-refractivity contribution < 1.29 is 4.74 Å². The average molecular weight is 314 g/mol. The Bertz CT molecular complexity index is 534. The average Bonchev–Trinajstić information content (AvgIpc) is 2.32. The molecule has 0 bridgehead atoms. The highest BCUT2D eigenvalue weighted by atomic mass is 79.9. The van der Waals surface area contributed by atoms with Crippen molar-refractivity contribution in [3.05, 3.63) is 51.7 Å². The normalized spacial score (nSPS) is 10.2. The summed E-state index contributed by atoms with van der Waals surface area (Å²) in [6.45, 7) is 0.378. The van der Waals surface area contributed by atoms with Gasteiger partial charge in [0, 0.05) is 29.7 Å². The first-order chi connectivity index (χ1) is 8.16. The third kappa shape index (κ3) is 3.11. The molecule has 0 amide bonds. The van der Waals surface area contributed by atoms with Crippen molar-refractivity contribution in [3.63, 3.8) is 0 Å². The Morgan fingerprint density at radius 1 is 1.35 bits per heavy atom. The van der Waals surface area contributed by atoms with Crippen molar-refractivity contribution in [3.8, 4) is 5.75 Å². The minimum absolute atomic E-state index is 0.378. The Labute approximate surface area is 113 Å². The summed E-state index contributed by atoms with van der Waals surface area (Å²) < 4.78 is 6.50. The van der Waals surface area contributed by atoms with Gasteiger partial charge in [-0.2, -0.15) is 0 Å². The molecular formula is C12H10BrClN2O. The molecule has 0 aliphatic carbocycles. The summed E-state index contributed by atoms with van der Waals surface area (Å²) in [5.41, 5.74) is 7.23. The second-order valence-electron chi connectivity index (χ2n) is 3.45. The lowest BCUT2D eigenvalue weighted by atomic mass is 10.3. The van der Waals surface area contributed by atoms with E-state index in [0.29, 0.717) is 23.1 Å². The van der Waals surface area contributed by atoms with Crippen molar-refractivity contribution >= 4 is 33.2 Å². The number of nitrogens with zero attached hydrogens (tertiary/aromatic N) is 1. The third-order valence-electron chi connectivity index (χ3n) is 2.19. The van der Waals surface area contributed by atoms with Gasteiger partial charge in [-0.25, -0.2) is 0 Å². The number of hydrogen-bond donors (Lipinski definition) is 1.